The average molecular weight is 231 g/mol. The zero-order valence-electron chi connectivity index (χ0n) is 9.40. The fraction of sp³-hybridized carbons (Fsp3) is 0.143. The SMILES string of the molecule is NCCc1cccc(Oc2ccc(F)cc2)c1. The van der Waals surface area contributed by atoms with Crippen LogP contribution < -0.4 is 10.5 Å². The molecule has 0 radical (unpaired) electrons. The molecule has 3 heteroatoms. The lowest BCUT2D eigenvalue weighted by atomic mass is 10.1. The Kier molecular flexibility index (Phi) is 3.73. The summed E-state index contributed by atoms with van der Waals surface area (Å²) in [5.74, 6) is 1.09. The Morgan fingerprint density at radius 2 is 1.76 bits per heavy atom. The third-order valence-corrected chi connectivity index (χ3v) is 2.38. The van der Waals surface area contributed by atoms with Crippen LogP contribution in [-0.4, -0.2) is 6.54 Å². The van der Waals surface area contributed by atoms with Crippen LogP contribution in [0.2, 0.25) is 0 Å². The van der Waals surface area contributed by atoms with Gasteiger partial charge in [0.25, 0.3) is 0 Å². The van der Waals surface area contributed by atoms with Crippen LogP contribution in [-0.2, 0) is 6.42 Å². The van der Waals surface area contributed by atoms with E-state index >= 15 is 0 Å². The van der Waals surface area contributed by atoms with E-state index in [9.17, 15) is 4.39 Å². The Balaban J connectivity index is 2.12. The van der Waals surface area contributed by atoms with Gasteiger partial charge in [-0.15, -0.1) is 0 Å². The number of rotatable bonds is 4. The van der Waals surface area contributed by atoms with Crippen molar-refractivity contribution in [1.29, 1.82) is 0 Å². The highest BCUT2D eigenvalue weighted by Crippen LogP contribution is 2.22. The molecule has 2 aromatic rings. The van der Waals surface area contributed by atoms with E-state index in [0.29, 0.717) is 12.3 Å². The lowest BCUT2D eigenvalue weighted by Crippen LogP contribution is -2.02. The van der Waals surface area contributed by atoms with Gasteiger partial charge in [0.1, 0.15) is 17.3 Å². The van der Waals surface area contributed by atoms with Gasteiger partial charge in [0.15, 0.2) is 0 Å². The van der Waals surface area contributed by atoms with Crippen LogP contribution in [0.1, 0.15) is 5.56 Å². The van der Waals surface area contributed by atoms with Gasteiger partial charge in [0.2, 0.25) is 0 Å². The Bertz CT molecular complexity index is 482. The molecule has 0 amide bonds. The normalized spacial score (nSPS) is 10.2. The highest BCUT2D eigenvalue weighted by Gasteiger charge is 1.99. The molecule has 2 rings (SSSR count). The summed E-state index contributed by atoms with van der Waals surface area (Å²) >= 11 is 0. The topological polar surface area (TPSA) is 35.2 Å². The monoisotopic (exact) mass is 231 g/mol. The Morgan fingerprint density at radius 3 is 2.47 bits per heavy atom. The molecular formula is C14H14FNO. The first-order valence-electron chi connectivity index (χ1n) is 5.50. The summed E-state index contributed by atoms with van der Waals surface area (Å²) in [5, 5.41) is 0. The Morgan fingerprint density at radius 1 is 1.00 bits per heavy atom. The second-order valence-corrected chi connectivity index (χ2v) is 3.74. The molecule has 0 aromatic heterocycles. The van der Waals surface area contributed by atoms with Gasteiger partial charge in [-0.3, -0.25) is 0 Å². The molecule has 0 atom stereocenters. The number of ether oxygens (including phenoxy) is 1. The van der Waals surface area contributed by atoms with Crippen molar-refractivity contribution < 1.29 is 9.13 Å². The molecule has 17 heavy (non-hydrogen) atoms. The predicted octanol–water partition coefficient (Wildman–Crippen LogP) is 3.12. The fourth-order valence-corrected chi connectivity index (χ4v) is 1.57. The molecule has 2 aromatic carbocycles. The van der Waals surface area contributed by atoms with Crippen LogP contribution in [0.5, 0.6) is 11.5 Å². The molecule has 0 saturated carbocycles. The summed E-state index contributed by atoms with van der Waals surface area (Å²) < 4.78 is 18.3. The van der Waals surface area contributed by atoms with Gasteiger partial charge in [0, 0.05) is 0 Å². The lowest BCUT2D eigenvalue weighted by molar-refractivity contribution is 0.480. The molecular weight excluding hydrogens is 217 g/mol. The molecule has 0 aliphatic rings. The van der Waals surface area contributed by atoms with Gasteiger partial charge in [-0.2, -0.15) is 0 Å². The summed E-state index contributed by atoms with van der Waals surface area (Å²) in [6, 6.07) is 13.7. The summed E-state index contributed by atoms with van der Waals surface area (Å²) in [4.78, 5) is 0. The van der Waals surface area contributed by atoms with Crippen molar-refractivity contribution in [1.82, 2.24) is 0 Å². The quantitative estimate of drug-likeness (QED) is 0.877. The summed E-state index contributed by atoms with van der Waals surface area (Å²) in [7, 11) is 0. The molecule has 0 spiro atoms. The highest BCUT2D eigenvalue weighted by atomic mass is 19.1. The number of benzene rings is 2. The lowest BCUT2D eigenvalue weighted by Gasteiger charge is -2.07. The van der Waals surface area contributed by atoms with Crippen molar-refractivity contribution in [3.8, 4) is 11.5 Å². The molecule has 2 N–H and O–H groups in total. The number of hydrogen-bond donors (Lipinski definition) is 1. The maximum absolute atomic E-state index is 12.7. The minimum absolute atomic E-state index is 0.269. The smallest absolute Gasteiger partial charge is 0.127 e. The predicted molar refractivity (Wildman–Crippen MR) is 65.7 cm³/mol. The van der Waals surface area contributed by atoms with Crippen molar-refractivity contribution in [3.05, 3.63) is 59.9 Å². The van der Waals surface area contributed by atoms with Gasteiger partial charge >= 0.3 is 0 Å². The standard InChI is InChI=1S/C14H14FNO/c15-12-4-6-13(7-5-12)17-14-3-1-2-11(10-14)8-9-16/h1-7,10H,8-9,16H2. The van der Waals surface area contributed by atoms with Gasteiger partial charge in [-0.1, -0.05) is 12.1 Å². The van der Waals surface area contributed by atoms with E-state index in [1.807, 2.05) is 24.3 Å². The van der Waals surface area contributed by atoms with Gasteiger partial charge in [-0.25, -0.2) is 4.39 Å². The molecule has 88 valence electrons. The molecule has 0 bridgehead atoms. The third kappa shape index (κ3) is 3.29. The van der Waals surface area contributed by atoms with E-state index < -0.39 is 0 Å². The molecule has 0 aliphatic carbocycles. The zero-order valence-corrected chi connectivity index (χ0v) is 9.40. The number of nitrogens with two attached hydrogens (primary N) is 1. The van der Waals surface area contributed by atoms with Gasteiger partial charge in [-0.05, 0) is 54.9 Å². The van der Waals surface area contributed by atoms with E-state index in [2.05, 4.69) is 0 Å². The van der Waals surface area contributed by atoms with Crippen LogP contribution in [0.3, 0.4) is 0 Å². The van der Waals surface area contributed by atoms with E-state index in [1.54, 1.807) is 12.1 Å². The van der Waals surface area contributed by atoms with Crippen molar-refractivity contribution >= 4 is 0 Å². The third-order valence-electron chi connectivity index (χ3n) is 2.38. The molecule has 0 aliphatic heterocycles. The molecule has 0 heterocycles. The summed E-state index contributed by atoms with van der Waals surface area (Å²) in [5.41, 5.74) is 6.63. The second-order valence-electron chi connectivity index (χ2n) is 3.74. The molecule has 0 saturated heterocycles. The van der Waals surface area contributed by atoms with Crippen LogP contribution in [0.4, 0.5) is 4.39 Å². The molecule has 2 nitrogen and oxygen atoms in total. The van der Waals surface area contributed by atoms with E-state index in [4.69, 9.17) is 10.5 Å². The maximum atomic E-state index is 12.7. The first-order chi connectivity index (χ1) is 8.28. The summed E-state index contributed by atoms with van der Waals surface area (Å²) in [6.07, 6.45) is 0.820. The largest absolute Gasteiger partial charge is 0.457 e. The van der Waals surface area contributed by atoms with E-state index in [1.165, 1.54) is 12.1 Å². The number of halogens is 1. The maximum Gasteiger partial charge on any atom is 0.127 e. The van der Waals surface area contributed by atoms with Crippen molar-refractivity contribution in [2.75, 3.05) is 6.54 Å². The van der Waals surface area contributed by atoms with Crippen LogP contribution >= 0.6 is 0 Å². The van der Waals surface area contributed by atoms with Crippen molar-refractivity contribution in [2.24, 2.45) is 5.73 Å². The van der Waals surface area contributed by atoms with Crippen LogP contribution in [0.25, 0.3) is 0 Å². The van der Waals surface area contributed by atoms with E-state index in [0.717, 1.165) is 17.7 Å². The summed E-state index contributed by atoms with van der Waals surface area (Å²) in [6.45, 7) is 0.611. The van der Waals surface area contributed by atoms with Crippen molar-refractivity contribution in [2.45, 2.75) is 6.42 Å². The first kappa shape index (κ1) is 11.6. The fourth-order valence-electron chi connectivity index (χ4n) is 1.57. The second kappa shape index (κ2) is 5.46. The Hall–Kier alpha value is -1.87. The zero-order chi connectivity index (χ0) is 12.1. The highest BCUT2D eigenvalue weighted by molar-refractivity contribution is 5.34. The van der Waals surface area contributed by atoms with Gasteiger partial charge < -0.3 is 10.5 Å². The van der Waals surface area contributed by atoms with Gasteiger partial charge in [0.05, 0.1) is 0 Å². The minimum atomic E-state index is -0.269. The van der Waals surface area contributed by atoms with Crippen molar-refractivity contribution in [3.63, 3.8) is 0 Å². The van der Waals surface area contributed by atoms with Crippen LogP contribution in [0.15, 0.2) is 48.5 Å². The molecule has 0 unspecified atom stereocenters. The minimum Gasteiger partial charge on any atom is -0.457 e. The van der Waals surface area contributed by atoms with E-state index in [-0.39, 0.29) is 5.82 Å². The molecule has 0 fully saturated rings. The number of hydrogen-bond acceptors (Lipinski definition) is 2. The Labute approximate surface area is 99.8 Å². The van der Waals surface area contributed by atoms with Crippen LogP contribution in [0, 0.1) is 5.82 Å². The average Bonchev–Trinajstić information content (AvgIpc) is 2.33. The first-order valence-corrected chi connectivity index (χ1v) is 5.50.